The van der Waals surface area contributed by atoms with E-state index in [2.05, 4.69) is 31.6 Å². The first-order chi connectivity index (χ1) is 24.4. The Balaban J connectivity index is 1.66. The summed E-state index contributed by atoms with van der Waals surface area (Å²) >= 11 is 1.52. The maximum Gasteiger partial charge on any atom is 0.243 e. The minimum absolute atomic E-state index is 0.135. The van der Waals surface area contributed by atoms with Gasteiger partial charge in [0.15, 0.2) is 0 Å². The number of carbonyl (C=O) groups excluding carboxylic acids is 5. The van der Waals surface area contributed by atoms with E-state index in [9.17, 15) is 24.0 Å². The van der Waals surface area contributed by atoms with Crippen LogP contribution in [-0.4, -0.2) is 94.7 Å². The summed E-state index contributed by atoms with van der Waals surface area (Å²) in [5.41, 5.74) is 2.33. The highest BCUT2D eigenvalue weighted by atomic mass is 32.2. The summed E-state index contributed by atoms with van der Waals surface area (Å²) in [7, 11) is 0. The summed E-state index contributed by atoms with van der Waals surface area (Å²) in [4.78, 5) is 73.9. The minimum atomic E-state index is -0.972. The van der Waals surface area contributed by atoms with E-state index in [1.807, 2.05) is 71.8 Å². The summed E-state index contributed by atoms with van der Waals surface area (Å²) in [6.07, 6.45) is 4.18. The molecule has 5 amide bonds. The molecule has 0 unspecified atom stereocenters. The third-order valence-electron chi connectivity index (χ3n) is 8.49. The fourth-order valence-corrected chi connectivity index (χ4v) is 6.19. The number of rotatable bonds is 9. The Bertz CT molecular complexity index is 1620. The summed E-state index contributed by atoms with van der Waals surface area (Å²) in [6.45, 7) is 6.98. The summed E-state index contributed by atoms with van der Waals surface area (Å²) in [5.74, 6) is -1.74. The van der Waals surface area contributed by atoms with Gasteiger partial charge in [0.25, 0.3) is 0 Å². The standard InChI is InChI=1S/C37H49N7O6S/c1-23(2)32-36(49)42-30(16-17-51-5)35(48)39-25(4)33(46)40-28(18-26-12-8-6-9-13-26)19-44(21-31(45)38-24(3)34(47)43-32)20-29-22-50-37(41-29)27-14-10-7-11-15-27/h6-15,22-25,28,30,32H,16-21H2,1-5H3,(H,38,45)(H,39,48)(H,40,46)(H,42,49)(H,43,47)/t24-,25+,28-,30+,32+/m1/s1. The normalized spacial score (nSPS) is 23.3. The predicted octanol–water partition coefficient (Wildman–Crippen LogP) is 2.27. The van der Waals surface area contributed by atoms with Crippen molar-refractivity contribution < 1.29 is 28.4 Å². The van der Waals surface area contributed by atoms with Gasteiger partial charge in [0.2, 0.25) is 35.4 Å². The monoisotopic (exact) mass is 719 g/mol. The highest BCUT2D eigenvalue weighted by Gasteiger charge is 2.32. The number of carbonyl (C=O) groups is 5. The molecular weight excluding hydrogens is 671 g/mol. The van der Waals surface area contributed by atoms with Crippen LogP contribution in [0.2, 0.25) is 0 Å². The Morgan fingerprint density at radius 1 is 0.824 bits per heavy atom. The van der Waals surface area contributed by atoms with Crippen molar-refractivity contribution in [1.29, 1.82) is 0 Å². The van der Waals surface area contributed by atoms with Crippen LogP contribution >= 0.6 is 11.8 Å². The molecule has 274 valence electrons. The molecule has 0 saturated carbocycles. The average molecular weight is 720 g/mol. The molecule has 1 fully saturated rings. The number of nitrogens with zero attached hydrogens (tertiary/aromatic N) is 2. The Hall–Kier alpha value is -4.69. The Kier molecular flexibility index (Phi) is 14.6. The van der Waals surface area contributed by atoms with Crippen LogP contribution in [0.15, 0.2) is 71.3 Å². The average Bonchev–Trinajstić information content (AvgIpc) is 3.57. The van der Waals surface area contributed by atoms with Crippen molar-refractivity contribution >= 4 is 41.3 Å². The number of oxazole rings is 1. The minimum Gasteiger partial charge on any atom is -0.444 e. The van der Waals surface area contributed by atoms with Crippen molar-refractivity contribution in [1.82, 2.24) is 36.5 Å². The van der Waals surface area contributed by atoms with Gasteiger partial charge in [-0.1, -0.05) is 62.4 Å². The van der Waals surface area contributed by atoms with Gasteiger partial charge in [-0.3, -0.25) is 28.9 Å². The van der Waals surface area contributed by atoms with Crippen molar-refractivity contribution in [2.45, 2.75) is 77.3 Å². The van der Waals surface area contributed by atoms with Gasteiger partial charge in [0, 0.05) is 24.7 Å². The van der Waals surface area contributed by atoms with Crippen LogP contribution in [0, 0.1) is 5.92 Å². The first-order valence-electron chi connectivity index (χ1n) is 17.2. The number of thioether (sulfide) groups is 1. The molecule has 1 saturated heterocycles. The molecule has 0 aliphatic carbocycles. The molecule has 0 radical (unpaired) electrons. The van der Waals surface area contributed by atoms with Gasteiger partial charge in [-0.2, -0.15) is 11.8 Å². The Labute approximate surface area is 303 Å². The summed E-state index contributed by atoms with van der Waals surface area (Å²) in [6, 6.07) is 14.8. The van der Waals surface area contributed by atoms with Crippen LogP contribution in [0.4, 0.5) is 0 Å². The van der Waals surface area contributed by atoms with Gasteiger partial charge in [0.1, 0.15) is 30.4 Å². The van der Waals surface area contributed by atoms with E-state index in [1.165, 1.54) is 18.0 Å². The highest BCUT2D eigenvalue weighted by molar-refractivity contribution is 7.98. The second-order valence-electron chi connectivity index (χ2n) is 13.2. The number of benzene rings is 2. The molecular formula is C37H49N7O6S. The van der Waals surface area contributed by atoms with Crippen molar-refractivity contribution in [2.75, 3.05) is 25.1 Å². The zero-order valence-corrected chi connectivity index (χ0v) is 30.6. The molecule has 4 rings (SSSR count). The fraction of sp³-hybridized carbons (Fsp3) is 0.459. The van der Waals surface area contributed by atoms with Crippen molar-refractivity contribution in [3.63, 3.8) is 0 Å². The molecule has 2 aromatic carbocycles. The second kappa shape index (κ2) is 19.1. The third-order valence-corrected chi connectivity index (χ3v) is 9.13. The fourth-order valence-electron chi connectivity index (χ4n) is 5.72. The predicted molar refractivity (Wildman–Crippen MR) is 196 cm³/mol. The van der Waals surface area contributed by atoms with Crippen LogP contribution in [0.3, 0.4) is 0 Å². The van der Waals surface area contributed by atoms with E-state index in [4.69, 9.17) is 4.42 Å². The number of amides is 5. The zero-order valence-electron chi connectivity index (χ0n) is 29.8. The van der Waals surface area contributed by atoms with Gasteiger partial charge in [0.05, 0.1) is 12.2 Å². The van der Waals surface area contributed by atoms with Crippen LogP contribution in [-0.2, 0) is 36.9 Å². The molecule has 1 aliphatic rings. The molecule has 1 aromatic heterocycles. The zero-order chi connectivity index (χ0) is 36.9. The summed E-state index contributed by atoms with van der Waals surface area (Å²) < 4.78 is 5.77. The maximum absolute atomic E-state index is 13.7. The van der Waals surface area contributed by atoms with Gasteiger partial charge < -0.3 is 31.0 Å². The largest absolute Gasteiger partial charge is 0.444 e. The van der Waals surface area contributed by atoms with E-state index in [1.54, 1.807) is 27.7 Å². The van der Waals surface area contributed by atoms with E-state index >= 15 is 0 Å². The SMILES string of the molecule is CSCC[C@@H]1NC(=O)[C@H](C(C)C)NC(=O)[C@@H](C)NC(=O)CN(Cc2coc(-c3ccccc3)n2)C[C@@H](Cc2ccccc2)NC(=O)[C@H](C)NC1=O. The molecule has 1 aliphatic heterocycles. The maximum atomic E-state index is 13.7. The molecule has 0 spiro atoms. The molecule has 0 bridgehead atoms. The number of nitrogens with one attached hydrogen (secondary N) is 5. The van der Waals surface area contributed by atoms with Gasteiger partial charge in [-0.15, -0.1) is 0 Å². The molecule has 2 heterocycles. The quantitative estimate of drug-likeness (QED) is 0.222. The molecule has 5 N–H and O–H groups in total. The van der Waals surface area contributed by atoms with E-state index < -0.39 is 59.7 Å². The lowest BCUT2D eigenvalue weighted by molar-refractivity contribution is -0.135. The van der Waals surface area contributed by atoms with E-state index in [0.717, 1.165) is 11.1 Å². The van der Waals surface area contributed by atoms with Crippen LogP contribution < -0.4 is 26.6 Å². The number of hydrogen-bond acceptors (Lipinski definition) is 9. The first kappa shape index (κ1) is 39.1. The van der Waals surface area contributed by atoms with Crippen molar-refractivity contribution in [3.05, 3.63) is 78.2 Å². The number of hydrogen-bond donors (Lipinski definition) is 5. The lowest BCUT2D eigenvalue weighted by Crippen LogP contribution is -2.60. The Morgan fingerprint density at radius 3 is 2.14 bits per heavy atom. The van der Waals surface area contributed by atoms with Crippen molar-refractivity contribution in [2.24, 2.45) is 5.92 Å². The topological polar surface area (TPSA) is 175 Å². The van der Waals surface area contributed by atoms with Crippen molar-refractivity contribution in [3.8, 4) is 11.5 Å². The van der Waals surface area contributed by atoms with Gasteiger partial charge >= 0.3 is 0 Å². The highest BCUT2D eigenvalue weighted by Crippen LogP contribution is 2.19. The Morgan fingerprint density at radius 2 is 1.47 bits per heavy atom. The van der Waals surface area contributed by atoms with E-state index in [0.29, 0.717) is 30.2 Å². The van der Waals surface area contributed by atoms with Gasteiger partial charge in [-0.25, -0.2) is 4.98 Å². The lowest BCUT2D eigenvalue weighted by atomic mass is 10.0. The molecule has 51 heavy (non-hydrogen) atoms. The summed E-state index contributed by atoms with van der Waals surface area (Å²) in [5, 5.41) is 14.1. The molecule has 14 heteroatoms. The number of aromatic nitrogens is 1. The first-order valence-corrected chi connectivity index (χ1v) is 18.6. The second-order valence-corrected chi connectivity index (χ2v) is 14.2. The molecule has 13 nitrogen and oxygen atoms in total. The molecule has 3 aromatic rings. The third kappa shape index (κ3) is 12.0. The smallest absolute Gasteiger partial charge is 0.243 e. The molecule has 5 atom stereocenters. The van der Waals surface area contributed by atoms with Crippen LogP contribution in [0.1, 0.15) is 45.4 Å². The van der Waals surface area contributed by atoms with Crippen LogP contribution in [0.25, 0.3) is 11.5 Å². The van der Waals surface area contributed by atoms with E-state index in [-0.39, 0.29) is 25.6 Å². The lowest BCUT2D eigenvalue weighted by Gasteiger charge is -2.30. The van der Waals surface area contributed by atoms with Crippen LogP contribution in [0.5, 0.6) is 0 Å². The van der Waals surface area contributed by atoms with Gasteiger partial charge in [-0.05, 0) is 62.3 Å².